The maximum Gasteiger partial charge on any atom is 0.170 e. The highest BCUT2D eigenvalue weighted by Gasteiger charge is 2.39. The van der Waals surface area contributed by atoms with Crippen molar-refractivity contribution in [1.29, 1.82) is 0 Å². The molecule has 108 valence electrons. The fourth-order valence-corrected chi connectivity index (χ4v) is 3.82. The van der Waals surface area contributed by atoms with Crippen molar-refractivity contribution >= 4 is 0 Å². The lowest BCUT2D eigenvalue weighted by Crippen LogP contribution is -2.44. The third kappa shape index (κ3) is 2.39. The number of ether oxygens (including phenoxy) is 2. The zero-order valence-corrected chi connectivity index (χ0v) is 12.1. The van der Waals surface area contributed by atoms with Crippen LogP contribution in [0.1, 0.15) is 36.0 Å². The van der Waals surface area contributed by atoms with Crippen molar-refractivity contribution in [2.75, 3.05) is 26.3 Å². The summed E-state index contributed by atoms with van der Waals surface area (Å²) in [5.41, 5.74) is 4.62. The van der Waals surface area contributed by atoms with Crippen LogP contribution in [0.15, 0.2) is 18.2 Å². The Kier molecular flexibility index (Phi) is 3.29. The molecule has 0 N–H and O–H groups in total. The second kappa shape index (κ2) is 5.14. The molecule has 20 heavy (non-hydrogen) atoms. The predicted molar refractivity (Wildman–Crippen MR) is 77.6 cm³/mol. The van der Waals surface area contributed by atoms with Crippen molar-refractivity contribution in [2.24, 2.45) is 0 Å². The fraction of sp³-hybridized carbons (Fsp3) is 0.647. The Hall–Kier alpha value is -0.900. The van der Waals surface area contributed by atoms with Gasteiger partial charge in [0.2, 0.25) is 0 Å². The first-order valence-electron chi connectivity index (χ1n) is 7.94. The zero-order chi connectivity index (χ0) is 13.4. The number of rotatable bonds is 2. The SMILES string of the molecule is c1cc2c(cc1CN1CCC3(CC1)OCCO3)CCC2. The lowest BCUT2D eigenvalue weighted by Gasteiger charge is -2.37. The lowest BCUT2D eigenvalue weighted by molar-refractivity contribution is -0.185. The molecule has 0 bridgehead atoms. The number of nitrogens with zero attached hydrogens (tertiary/aromatic N) is 1. The number of benzene rings is 1. The first-order valence-corrected chi connectivity index (χ1v) is 7.94. The molecule has 1 aromatic carbocycles. The summed E-state index contributed by atoms with van der Waals surface area (Å²) in [6.45, 7) is 4.77. The van der Waals surface area contributed by atoms with Crippen LogP contribution >= 0.6 is 0 Å². The Morgan fingerprint density at radius 2 is 1.75 bits per heavy atom. The minimum absolute atomic E-state index is 0.242. The van der Waals surface area contributed by atoms with Crippen molar-refractivity contribution in [3.8, 4) is 0 Å². The molecule has 1 aromatic rings. The van der Waals surface area contributed by atoms with E-state index in [2.05, 4.69) is 23.1 Å². The molecule has 3 heteroatoms. The van der Waals surface area contributed by atoms with Crippen molar-refractivity contribution in [3.63, 3.8) is 0 Å². The fourth-order valence-electron chi connectivity index (χ4n) is 3.82. The molecule has 0 atom stereocenters. The molecule has 3 aliphatic rings. The molecule has 0 amide bonds. The second-order valence-electron chi connectivity index (χ2n) is 6.34. The number of likely N-dealkylation sites (tertiary alicyclic amines) is 1. The molecule has 0 aromatic heterocycles. The van der Waals surface area contributed by atoms with Crippen LogP contribution in [0.3, 0.4) is 0 Å². The van der Waals surface area contributed by atoms with Gasteiger partial charge in [-0.25, -0.2) is 0 Å². The van der Waals surface area contributed by atoms with Gasteiger partial charge in [0.25, 0.3) is 0 Å². The average Bonchev–Trinajstić information content (AvgIpc) is 3.11. The maximum atomic E-state index is 5.79. The molecule has 3 nitrogen and oxygen atoms in total. The van der Waals surface area contributed by atoms with Crippen LogP contribution in [0, 0.1) is 0 Å². The van der Waals surface area contributed by atoms with Gasteiger partial charge in [0.15, 0.2) is 5.79 Å². The van der Waals surface area contributed by atoms with Crippen LogP contribution in [0.25, 0.3) is 0 Å². The molecule has 1 aliphatic carbocycles. The molecule has 0 saturated carbocycles. The third-order valence-corrected chi connectivity index (χ3v) is 5.00. The summed E-state index contributed by atoms with van der Waals surface area (Å²) in [5, 5.41) is 0. The largest absolute Gasteiger partial charge is 0.347 e. The molecule has 0 unspecified atom stereocenters. The van der Waals surface area contributed by atoms with Crippen molar-refractivity contribution in [2.45, 2.75) is 44.4 Å². The zero-order valence-electron chi connectivity index (χ0n) is 12.1. The number of piperidine rings is 1. The van der Waals surface area contributed by atoms with Gasteiger partial charge in [-0.05, 0) is 36.0 Å². The molecule has 2 heterocycles. The third-order valence-electron chi connectivity index (χ3n) is 5.00. The van der Waals surface area contributed by atoms with Gasteiger partial charge in [-0.2, -0.15) is 0 Å². The molecule has 2 saturated heterocycles. The van der Waals surface area contributed by atoms with Gasteiger partial charge in [-0.1, -0.05) is 18.2 Å². The molecular weight excluding hydrogens is 250 g/mol. The number of hydrogen-bond acceptors (Lipinski definition) is 3. The first kappa shape index (κ1) is 12.8. The van der Waals surface area contributed by atoms with E-state index in [1.807, 2.05) is 0 Å². The van der Waals surface area contributed by atoms with Crippen LogP contribution in [-0.4, -0.2) is 37.0 Å². The van der Waals surface area contributed by atoms with E-state index in [1.165, 1.54) is 24.8 Å². The predicted octanol–water partition coefficient (Wildman–Crippen LogP) is 2.51. The van der Waals surface area contributed by atoms with Gasteiger partial charge in [0, 0.05) is 32.5 Å². The lowest BCUT2D eigenvalue weighted by atomic mass is 10.0. The van der Waals surface area contributed by atoms with E-state index >= 15 is 0 Å². The number of hydrogen-bond donors (Lipinski definition) is 0. The minimum atomic E-state index is -0.242. The first-order chi connectivity index (χ1) is 9.83. The van der Waals surface area contributed by atoms with Crippen molar-refractivity contribution < 1.29 is 9.47 Å². The van der Waals surface area contributed by atoms with Crippen LogP contribution < -0.4 is 0 Å². The average molecular weight is 273 g/mol. The normalized spacial score (nSPS) is 25.2. The van der Waals surface area contributed by atoms with Gasteiger partial charge in [0.1, 0.15) is 0 Å². The molecule has 2 fully saturated rings. The van der Waals surface area contributed by atoms with Gasteiger partial charge in [0.05, 0.1) is 13.2 Å². The molecule has 1 spiro atoms. The van der Waals surface area contributed by atoms with Gasteiger partial charge < -0.3 is 9.47 Å². The highest BCUT2D eigenvalue weighted by Crippen LogP contribution is 2.32. The van der Waals surface area contributed by atoms with Crippen LogP contribution in [0.2, 0.25) is 0 Å². The second-order valence-corrected chi connectivity index (χ2v) is 6.34. The maximum absolute atomic E-state index is 5.79. The van der Waals surface area contributed by atoms with Gasteiger partial charge in [-0.3, -0.25) is 4.90 Å². The molecule has 2 aliphatic heterocycles. The van der Waals surface area contributed by atoms with Crippen LogP contribution in [0.4, 0.5) is 0 Å². The Morgan fingerprint density at radius 3 is 2.55 bits per heavy atom. The standard InChI is InChI=1S/C17H23NO2/c1-2-15-5-4-14(12-16(15)3-1)13-18-8-6-17(7-9-18)19-10-11-20-17/h4-5,12H,1-3,6-11,13H2. The topological polar surface area (TPSA) is 21.7 Å². The van der Waals surface area contributed by atoms with Crippen LogP contribution in [0.5, 0.6) is 0 Å². The Balaban J connectivity index is 1.38. The molecule has 0 radical (unpaired) electrons. The summed E-state index contributed by atoms with van der Waals surface area (Å²) in [4.78, 5) is 2.53. The smallest absolute Gasteiger partial charge is 0.170 e. The van der Waals surface area contributed by atoms with Crippen molar-refractivity contribution in [1.82, 2.24) is 4.90 Å². The summed E-state index contributed by atoms with van der Waals surface area (Å²) in [7, 11) is 0. The Morgan fingerprint density at radius 1 is 1.00 bits per heavy atom. The number of fused-ring (bicyclic) bond motifs is 1. The minimum Gasteiger partial charge on any atom is -0.347 e. The van der Waals surface area contributed by atoms with E-state index in [1.54, 1.807) is 11.1 Å². The van der Waals surface area contributed by atoms with E-state index in [0.717, 1.165) is 45.7 Å². The van der Waals surface area contributed by atoms with E-state index in [0.29, 0.717) is 0 Å². The summed E-state index contributed by atoms with van der Waals surface area (Å²) in [6.07, 6.45) is 5.90. The summed E-state index contributed by atoms with van der Waals surface area (Å²) in [6, 6.07) is 7.08. The van der Waals surface area contributed by atoms with Crippen molar-refractivity contribution in [3.05, 3.63) is 34.9 Å². The van der Waals surface area contributed by atoms with Crippen LogP contribution in [-0.2, 0) is 28.9 Å². The highest BCUT2D eigenvalue weighted by molar-refractivity contribution is 5.35. The summed E-state index contributed by atoms with van der Waals surface area (Å²) in [5.74, 6) is -0.242. The molecule has 4 rings (SSSR count). The van der Waals surface area contributed by atoms with E-state index in [4.69, 9.17) is 9.47 Å². The Bertz CT molecular complexity index is 484. The monoisotopic (exact) mass is 273 g/mol. The summed E-state index contributed by atoms with van der Waals surface area (Å²) >= 11 is 0. The van der Waals surface area contributed by atoms with E-state index in [-0.39, 0.29) is 5.79 Å². The van der Waals surface area contributed by atoms with Gasteiger partial charge in [-0.15, -0.1) is 0 Å². The van der Waals surface area contributed by atoms with E-state index in [9.17, 15) is 0 Å². The summed E-state index contributed by atoms with van der Waals surface area (Å²) < 4.78 is 11.6. The van der Waals surface area contributed by atoms with E-state index < -0.39 is 0 Å². The molecular formula is C17H23NO2. The van der Waals surface area contributed by atoms with Gasteiger partial charge >= 0.3 is 0 Å². The Labute approximate surface area is 120 Å². The number of aryl methyl sites for hydroxylation is 2. The highest BCUT2D eigenvalue weighted by atomic mass is 16.7. The quantitative estimate of drug-likeness (QED) is 0.826.